The maximum absolute atomic E-state index is 6.59. The molecule has 2 nitrogen and oxygen atoms in total. The third kappa shape index (κ3) is 2.05. The van der Waals surface area contributed by atoms with Crippen LogP contribution in [0.25, 0.3) is 0 Å². The predicted octanol–water partition coefficient (Wildman–Crippen LogP) is 2.19. The summed E-state index contributed by atoms with van der Waals surface area (Å²) >= 11 is 0. The van der Waals surface area contributed by atoms with Crippen LogP contribution in [0.3, 0.4) is 0 Å². The number of rotatable bonds is 2. The quantitative estimate of drug-likeness (QED) is 0.841. The zero-order valence-electron chi connectivity index (χ0n) is 10.4. The molecule has 0 saturated carbocycles. The Kier molecular flexibility index (Phi) is 2.90. The fourth-order valence-electron chi connectivity index (χ4n) is 2.76. The number of nitrogens with one attached hydrogen (secondary N) is 1. The van der Waals surface area contributed by atoms with Crippen molar-refractivity contribution in [2.45, 2.75) is 18.5 Å². The summed E-state index contributed by atoms with van der Waals surface area (Å²) in [6.07, 6.45) is 1.88. The van der Waals surface area contributed by atoms with E-state index in [1.165, 1.54) is 16.7 Å². The first-order chi connectivity index (χ1) is 8.78. The lowest BCUT2D eigenvalue weighted by Gasteiger charge is -2.37. The third-order valence-electron chi connectivity index (χ3n) is 3.66. The van der Waals surface area contributed by atoms with E-state index in [9.17, 15) is 0 Å². The highest BCUT2D eigenvalue weighted by Crippen LogP contribution is 2.27. The van der Waals surface area contributed by atoms with Crippen molar-refractivity contribution in [1.29, 1.82) is 0 Å². The molecule has 2 heteroatoms. The summed E-state index contributed by atoms with van der Waals surface area (Å²) < 4.78 is 0. The molecule has 1 atom stereocenters. The van der Waals surface area contributed by atoms with Crippen LogP contribution in [0.15, 0.2) is 54.6 Å². The van der Waals surface area contributed by atoms with Gasteiger partial charge in [-0.3, -0.25) is 5.32 Å². The minimum Gasteiger partial charge on any atom is -0.309 e. The summed E-state index contributed by atoms with van der Waals surface area (Å²) in [5.74, 6) is 0. The number of hydrogen-bond acceptors (Lipinski definition) is 2. The van der Waals surface area contributed by atoms with Crippen molar-refractivity contribution >= 4 is 0 Å². The Morgan fingerprint density at radius 2 is 1.72 bits per heavy atom. The van der Waals surface area contributed by atoms with Crippen molar-refractivity contribution in [2.75, 3.05) is 6.54 Å². The van der Waals surface area contributed by atoms with Gasteiger partial charge in [-0.15, -0.1) is 0 Å². The van der Waals surface area contributed by atoms with Crippen LogP contribution >= 0.6 is 0 Å². The third-order valence-corrected chi connectivity index (χ3v) is 3.66. The molecule has 1 aliphatic rings. The molecule has 0 amide bonds. The smallest absolute Gasteiger partial charge is 0.0968 e. The van der Waals surface area contributed by atoms with Gasteiger partial charge in [0.05, 0.1) is 5.66 Å². The molecule has 2 aromatic rings. The van der Waals surface area contributed by atoms with E-state index in [0.717, 1.165) is 19.4 Å². The van der Waals surface area contributed by atoms with E-state index in [0.29, 0.717) is 0 Å². The molecule has 3 N–H and O–H groups in total. The molecule has 0 radical (unpaired) electrons. The molecule has 1 aliphatic heterocycles. The summed E-state index contributed by atoms with van der Waals surface area (Å²) in [5, 5.41) is 3.48. The van der Waals surface area contributed by atoms with E-state index < -0.39 is 5.66 Å². The van der Waals surface area contributed by atoms with Crippen LogP contribution in [0, 0.1) is 0 Å². The SMILES string of the molecule is NC1(Cc2ccccc2)NCCc2ccccc21. The first-order valence-electron chi connectivity index (χ1n) is 6.44. The molecule has 92 valence electrons. The second-order valence-electron chi connectivity index (χ2n) is 4.97. The molecular formula is C16H18N2. The lowest BCUT2D eigenvalue weighted by atomic mass is 9.85. The fraction of sp³-hybridized carbons (Fsp3) is 0.250. The van der Waals surface area contributed by atoms with Crippen molar-refractivity contribution < 1.29 is 0 Å². The molecule has 1 heterocycles. The van der Waals surface area contributed by atoms with E-state index in [1.807, 2.05) is 6.07 Å². The molecule has 0 aromatic heterocycles. The van der Waals surface area contributed by atoms with Crippen LogP contribution in [0.2, 0.25) is 0 Å². The Hall–Kier alpha value is -1.64. The zero-order valence-corrected chi connectivity index (χ0v) is 10.4. The van der Waals surface area contributed by atoms with Crippen LogP contribution in [0.5, 0.6) is 0 Å². The Bertz CT molecular complexity index is 536. The molecule has 0 saturated heterocycles. The van der Waals surface area contributed by atoms with Crippen LogP contribution in [0.1, 0.15) is 16.7 Å². The summed E-state index contributed by atoms with van der Waals surface area (Å²) in [6.45, 7) is 0.945. The van der Waals surface area contributed by atoms with E-state index in [1.54, 1.807) is 0 Å². The molecule has 1 unspecified atom stereocenters. The van der Waals surface area contributed by atoms with Crippen LogP contribution < -0.4 is 11.1 Å². The van der Waals surface area contributed by atoms with Gasteiger partial charge in [0.15, 0.2) is 0 Å². The monoisotopic (exact) mass is 238 g/mol. The summed E-state index contributed by atoms with van der Waals surface area (Å²) in [7, 11) is 0. The maximum Gasteiger partial charge on any atom is 0.0968 e. The van der Waals surface area contributed by atoms with Crippen LogP contribution in [-0.4, -0.2) is 6.54 Å². The summed E-state index contributed by atoms with van der Waals surface area (Å²) in [4.78, 5) is 0. The highest BCUT2D eigenvalue weighted by molar-refractivity contribution is 5.37. The van der Waals surface area contributed by atoms with Crippen LogP contribution in [0.4, 0.5) is 0 Å². The topological polar surface area (TPSA) is 38.0 Å². The van der Waals surface area contributed by atoms with Gasteiger partial charge in [-0.1, -0.05) is 54.6 Å². The van der Waals surface area contributed by atoms with Gasteiger partial charge in [-0.2, -0.15) is 0 Å². The van der Waals surface area contributed by atoms with E-state index >= 15 is 0 Å². The average molecular weight is 238 g/mol. The first kappa shape index (κ1) is 11.5. The van der Waals surface area contributed by atoms with Gasteiger partial charge in [0.1, 0.15) is 0 Å². The standard InChI is InChI=1S/C16H18N2/c17-16(12-13-6-2-1-3-7-13)15-9-5-4-8-14(15)10-11-18-16/h1-9,18H,10-12,17H2. The Balaban J connectivity index is 1.96. The van der Waals surface area contributed by atoms with Crippen molar-refractivity contribution in [3.63, 3.8) is 0 Å². The van der Waals surface area contributed by atoms with Crippen molar-refractivity contribution in [1.82, 2.24) is 5.32 Å². The molecule has 0 bridgehead atoms. The van der Waals surface area contributed by atoms with Gasteiger partial charge in [0.25, 0.3) is 0 Å². The second kappa shape index (κ2) is 4.56. The van der Waals surface area contributed by atoms with Gasteiger partial charge < -0.3 is 5.73 Å². The molecule has 0 fully saturated rings. The average Bonchev–Trinajstić information content (AvgIpc) is 2.40. The second-order valence-corrected chi connectivity index (χ2v) is 4.97. The summed E-state index contributed by atoms with van der Waals surface area (Å²) in [6, 6.07) is 18.9. The molecule has 3 rings (SSSR count). The molecular weight excluding hydrogens is 220 g/mol. The molecule has 2 aromatic carbocycles. The zero-order chi connectivity index (χ0) is 12.4. The Morgan fingerprint density at radius 3 is 2.56 bits per heavy atom. The van der Waals surface area contributed by atoms with Gasteiger partial charge in [-0.25, -0.2) is 0 Å². The molecule has 0 aliphatic carbocycles. The van der Waals surface area contributed by atoms with E-state index in [-0.39, 0.29) is 0 Å². The minimum absolute atomic E-state index is 0.434. The summed E-state index contributed by atoms with van der Waals surface area (Å²) in [5.41, 5.74) is 10.0. The first-order valence-corrected chi connectivity index (χ1v) is 6.44. The highest BCUT2D eigenvalue weighted by atomic mass is 15.1. The van der Waals surface area contributed by atoms with E-state index in [2.05, 4.69) is 53.8 Å². The van der Waals surface area contributed by atoms with Crippen LogP contribution in [-0.2, 0) is 18.5 Å². The minimum atomic E-state index is -0.434. The lowest BCUT2D eigenvalue weighted by molar-refractivity contribution is 0.324. The maximum atomic E-state index is 6.59. The number of nitrogens with two attached hydrogens (primary N) is 1. The molecule has 18 heavy (non-hydrogen) atoms. The van der Waals surface area contributed by atoms with Gasteiger partial charge >= 0.3 is 0 Å². The number of benzene rings is 2. The Morgan fingerprint density at radius 1 is 1.00 bits per heavy atom. The van der Waals surface area contributed by atoms with Crippen molar-refractivity contribution in [3.8, 4) is 0 Å². The van der Waals surface area contributed by atoms with E-state index in [4.69, 9.17) is 5.73 Å². The van der Waals surface area contributed by atoms with Gasteiger partial charge in [0.2, 0.25) is 0 Å². The molecule has 0 spiro atoms. The number of fused-ring (bicyclic) bond motifs is 1. The largest absolute Gasteiger partial charge is 0.309 e. The predicted molar refractivity (Wildman–Crippen MR) is 74.2 cm³/mol. The fourth-order valence-corrected chi connectivity index (χ4v) is 2.76. The van der Waals surface area contributed by atoms with Crippen molar-refractivity contribution in [3.05, 3.63) is 71.3 Å². The van der Waals surface area contributed by atoms with Gasteiger partial charge in [-0.05, 0) is 23.1 Å². The van der Waals surface area contributed by atoms with Crippen molar-refractivity contribution in [2.24, 2.45) is 5.73 Å². The highest BCUT2D eigenvalue weighted by Gasteiger charge is 2.31. The normalized spacial score (nSPS) is 22.5. The number of hydrogen-bond donors (Lipinski definition) is 2. The van der Waals surface area contributed by atoms with Gasteiger partial charge in [0, 0.05) is 13.0 Å². The Labute approximate surface area is 108 Å². The lowest BCUT2D eigenvalue weighted by Crippen LogP contribution is -2.55.